The predicted octanol–water partition coefficient (Wildman–Crippen LogP) is 12.4. The van der Waals surface area contributed by atoms with E-state index in [0.29, 0.717) is 0 Å². The van der Waals surface area contributed by atoms with E-state index in [1.807, 2.05) is 48.5 Å². The molecule has 0 unspecified atom stereocenters. The van der Waals surface area contributed by atoms with E-state index in [1.165, 1.54) is 0 Å². The van der Waals surface area contributed by atoms with E-state index < -0.39 is 0 Å². The molecule has 0 fully saturated rings. The number of fused-ring (bicyclic) bond motifs is 9. The Morgan fingerprint density at radius 2 is 0.604 bits per heavy atom. The Morgan fingerprint density at radius 3 is 0.962 bits per heavy atom. The number of hydrogen-bond acceptors (Lipinski definition) is 5. The van der Waals surface area contributed by atoms with Gasteiger partial charge in [-0.1, -0.05) is 109 Å². The molecule has 0 N–H and O–H groups in total. The van der Waals surface area contributed by atoms with Crippen molar-refractivity contribution in [3.63, 3.8) is 0 Å². The Hall–Kier alpha value is -7.24. The first-order valence-electron chi connectivity index (χ1n) is 17.7. The number of rotatable bonds is 4. The summed E-state index contributed by atoms with van der Waals surface area (Å²) in [7, 11) is 0. The SMILES string of the molecule is c1ccc(-c2ccc3ccc4ccc(-c5ccc6oc7ccc(-c8ccc9ccc%10ccc(-c%11ccccc%11)nc%10c9n8)cc7c6c5)nc4c3n2)cc1. The van der Waals surface area contributed by atoms with Crippen LogP contribution in [0.5, 0.6) is 0 Å². The summed E-state index contributed by atoms with van der Waals surface area (Å²) < 4.78 is 6.34. The van der Waals surface area contributed by atoms with E-state index in [2.05, 4.69) is 121 Å². The van der Waals surface area contributed by atoms with Crippen molar-refractivity contribution in [2.75, 3.05) is 0 Å². The van der Waals surface area contributed by atoms with E-state index in [4.69, 9.17) is 24.4 Å². The van der Waals surface area contributed by atoms with Gasteiger partial charge in [0.15, 0.2) is 0 Å². The van der Waals surface area contributed by atoms with Gasteiger partial charge in [-0.3, -0.25) is 0 Å². The quantitative estimate of drug-likeness (QED) is 0.174. The number of hydrogen-bond donors (Lipinski definition) is 0. The van der Waals surface area contributed by atoms with Crippen molar-refractivity contribution in [3.8, 4) is 45.0 Å². The Morgan fingerprint density at radius 1 is 0.283 bits per heavy atom. The third kappa shape index (κ3) is 4.94. The van der Waals surface area contributed by atoms with Gasteiger partial charge >= 0.3 is 0 Å². The van der Waals surface area contributed by atoms with Crippen LogP contribution >= 0.6 is 0 Å². The maximum absolute atomic E-state index is 6.34. The van der Waals surface area contributed by atoms with Crippen LogP contribution in [0.2, 0.25) is 0 Å². The van der Waals surface area contributed by atoms with Crippen LogP contribution in [0.4, 0.5) is 0 Å². The molecule has 53 heavy (non-hydrogen) atoms. The van der Waals surface area contributed by atoms with Crippen LogP contribution in [0.1, 0.15) is 0 Å². The van der Waals surface area contributed by atoms with E-state index >= 15 is 0 Å². The fourth-order valence-electron chi connectivity index (χ4n) is 7.49. The van der Waals surface area contributed by atoms with Gasteiger partial charge in [0, 0.05) is 54.6 Å². The summed E-state index contributed by atoms with van der Waals surface area (Å²) in [6.07, 6.45) is 0. The van der Waals surface area contributed by atoms with Gasteiger partial charge in [0.2, 0.25) is 0 Å². The minimum atomic E-state index is 0.830. The van der Waals surface area contributed by atoms with Crippen molar-refractivity contribution in [1.29, 1.82) is 0 Å². The average Bonchev–Trinajstić information content (AvgIpc) is 3.60. The minimum absolute atomic E-state index is 0.830. The van der Waals surface area contributed by atoms with Crippen molar-refractivity contribution >= 4 is 65.6 Å². The molecule has 6 aromatic carbocycles. The first-order chi connectivity index (χ1) is 26.2. The second-order valence-corrected chi connectivity index (χ2v) is 13.5. The van der Waals surface area contributed by atoms with Crippen molar-refractivity contribution in [2.45, 2.75) is 0 Å². The largest absolute Gasteiger partial charge is 0.456 e. The normalized spacial score (nSPS) is 11.8. The van der Waals surface area contributed by atoms with Crippen LogP contribution in [-0.2, 0) is 0 Å². The Labute approximate surface area is 303 Å². The molecule has 5 heterocycles. The summed E-state index contributed by atoms with van der Waals surface area (Å²) in [5, 5.41) is 6.30. The van der Waals surface area contributed by atoms with Crippen molar-refractivity contribution in [2.24, 2.45) is 0 Å². The maximum atomic E-state index is 6.34. The maximum Gasteiger partial charge on any atom is 0.135 e. The van der Waals surface area contributed by atoms with E-state index in [0.717, 1.165) is 111 Å². The lowest BCUT2D eigenvalue weighted by Gasteiger charge is -2.09. The van der Waals surface area contributed by atoms with Crippen LogP contribution in [0.25, 0.3) is 111 Å². The van der Waals surface area contributed by atoms with Crippen LogP contribution in [0.15, 0.2) is 174 Å². The fraction of sp³-hybridized carbons (Fsp3) is 0. The lowest BCUT2D eigenvalue weighted by Crippen LogP contribution is -1.91. The van der Waals surface area contributed by atoms with Gasteiger partial charge in [-0.15, -0.1) is 0 Å². The van der Waals surface area contributed by atoms with E-state index in [1.54, 1.807) is 0 Å². The molecule has 0 amide bonds. The topological polar surface area (TPSA) is 64.7 Å². The highest BCUT2D eigenvalue weighted by Gasteiger charge is 2.14. The summed E-state index contributed by atoms with van der Waals surface area (Å²) >= 11 is 0. The van der Waals surface area contributed by atoms with Gasteiger partial charge in [0.1, 0.15) is 11.2 Å². The number of aromatic nitrogens is 4. The van der Waals surface area contributed by atoms with Gasteiger partial charge in [-0.05, 0) is 60.7 Å². The minimum Gasteiger partial charge on any atom is -0.456 e. The Bertz CT molecular complexity index is 3010. The highest BCUT2D eigenvalue weighted by Crippen LogP contribution is 2.36. The first-order valence-corrected chi connectivity index (χ1v) is 17.7. The second kappa shape index (κ2) is 11.7. The monoisotopic (exact) mass is 676 g/mol. The summed E-state index contributed by atoms with van der Waals surface area (Å²) in [5.41, 5.74) is 13.1. The molecule has 0 saturated heterocycles. The number of pyridine rings is 4. The lowest BCUT2D eigenvalue weighted by atomic mass is 10.0. The number of benzene rings is 6. The zero-order valence-electron chi connectivity index (χ0n) is 28.4. The van der Waals surface area contributed by atoms with Gasteiger partial charge in [0.25, 0.3) is 0 Å². The summed E-state index contributed by atoms with van der Waals surface area (Å²) in [5.74, 6) is 0. The van der Waals surface area contributed by atoms with Gasteiger partial charge < -0.3 is 4.42 Å². The molecule has 0 atom stereocenters. The number of nitrogens with zero attached hydrogens (tertiary/aromatic N) is 4. The highest BCUT2D eigenvalue weighted by molar-refractivity contribution is 6.09. The van der Waals surface area contributed by atoms with Crippen molar-refractivity contribution in [1.82, 2.24) is 19.9 Å². The molecule has 0 bridgehead atoms. The standard InChI is InChI=1S/C48H28N4O/c1-3-7-29(8-4-1)39-21-15-31-11-13-33-17-23-41(51-47(33)45(31)49-39)35-19-25-43-37(27-35)38-28-36(20-26-44(38)53-43)42-24-18-34-14-12-32-16-22-40(30-9-5-2-6-10-30)50-46(32)48(34)52-42/h1-28H. The second-order valence-electron chi connectivity index (χ2n) is 13.5. The first kappa shape index (κ1) is 29.5. The Balaban J connectivity index is 1.02. The van der Waals surface area contributed by atoms with E-state index in [-0.39, 0.29) is 0 Å². The van der Waals surface area contributed by atoms with Gasteiger partial charge in [0.05, 0.1) is 44.8 Å². The lowest BCUT2D eigenvalue weighted by molar-refractivity contribution is 0.669. The third-order valence-corrected chi connectivity index (χ3v) is 10.2. The molecule has 11 aromatic rings. The molecule has 0 saturated carbocycles. The van der Waals surface area contributed by atoms with Crippen LogP contribution in [0.3, 0.4) is 0 Å². The summed E-state index contributed by atoms with van der Waals surface area (Å²) in [4.78, 5) is 20.6. The molecule has 246 valence electrons. The fourth-order valence-corrected chi connectivity index (χ4v) is 7.49. The Kier molecular flexibility index (Phi) is 6.48. The molecule has 5 heteroatoms. The third-order valence-electron chi connectivity index (χ3n) is 10.2. The van der Waals surface area contributed by atoms with Crippen molar-refractivity contribution < 1.29 is 4.42 Å². The molecule has 0 spiro atoms. The molecule has 0 aliphatic rings. The van der Waals surface area contributed by atoms with Gasteiger partial charge in [-0.25, -0.2) is 19.9 Å². The molecule has 0 aliphatic carbocycles. The molecule has 5 nitrogen and oxygen atoms in total. The zero-order valence-corrected chi connectivity index (χ0v) is 28.4. The molecular formula is C48H28N4O. The van der Waals surface area contributed by atoms with Crippen molar-refractivity contribution in [3.05, 3.63) is 170 Å². The predicted molar refractivity (Wildman–Crippen MR) is 217 cm³/mol. The molecular weight excluding hydrogens is 649 g/mol. The average molecular weight is 677 g/mol. The highest BCUT2D eigenvalue weighted by atomic mass is 16.3. The molecule has 11 rings (SSSR count). The smallest absolute Gasteiger partial charge is 0.135 e. The summed E-state index contributed by atoms with van der Waals surface area (Å²) in [6, 6.07) is 58.5. The zero-order chi connectivity index (χ0) is 34.9. The molecule has 0 radical (unpaired) electrons. The molecule has 0 aliphatic heterocycles. The molecule has 5 aromatic heterocycles. The van der Waals surface area contributed by atoms with Crippen LogP contribution in [-0.4, -0.2) is 19.9 Å². The van der Waals surface area contributed by atoms with Crippen LogP contribution in [0, 0.1) is 0 Å². The van der Waals surface area contributed by atoms with E-state index in [9.17, 15) is 0 Å². The van der Waals surface area contributed by atoms with Crippen LogP contribution < -0.4 is 0 Å². The number of furan rings is 1. The summed E-state index contributed by atoms with van der Waals surface area (Å²) in [6.45, 7) is 0. The van der Waals surface area contributed by atoms with Gasteiger partial charge in [-0.2, -0.15) is 0 Å².